The van der Waals surface area contributed by atoms with E-state index in [4.69, 9.17) is 0 Å². The SMILES string of the molecule is c1ccc(CCCn2ncc3c2CCNC3)cc1. The van der Waals surface area contributed by atoms with Crippen molar-refractivity contribution in [2.75, 3.05) is 6.54 Å². The van der Waals surface area contributed by atoms with Gasteiger partial charge in [-0.05, 0) is 18.4 Å². The lowest BCUT2D eigenvalue weighted by atomic mass is 10.1. The summed E-state index contributed by atoms with van der Waals surface area (Å²) in [5.41, 5.74) is 4.22. The maximum absolute atomic E-state index is 4.51. The van der Waals surface area contributed by atoms with Crippen LogP contribution in [0.2, 0.25) is 0 Å². The molecule has 0 unspecified atom stereocenters. The highest BCUT2D eigenvalue weighted by Gasteiger charge is 2.13. The fourth-order valence-electron chi connectivity index (χ4n) is 2.59. The van der Waals surface area contributed by atoms with Crippen LogP contribution in [0.4, 0.5) is 0 Å². The molecular formula is C15H19N3. The van der Waals surface area contributed by atoms with Gasteiger partial charge in [-0.3, -0.25) is 4.68 Å². The molecule has 0 aliphatic carbocycles. The van der Waals surface area contributed by atoms with Crippen LogP contribution in [0, 0.1) is 0 Å². The maximum Gasteiger partial charge on any atom is 0.0537 e. The van der Waals surface area contributed by atoms with Crippen LogP contribution in [0.5, 0.6) is 0 Å². The van der Waals surface area contributed by atoms with Crippen LogP contribution in [-0.4, -0.2) is 16.3 Å². The van der Waals surface area contributed by atoms with E-state index in [2.05, 4.69) is 45.4 Å². The Kier molecular flexibility index (Phi) is 3.42. The second kappa shape index (κ2) is 5.36. The number of hydrogen-bond donors (Lipinski definition) is 1. The predicted molar refractivity (Wildman–Crippen MR) is 72.4 cm³/mol. The molecular weight excluding hydrogens is 222 g/mol. The summed E-state index contributed by atoms with van der Waals surface area (Å²) in [6, 6.07) is 10.7. The minimum Gasteiger partial charge on any atom is -0.312 e. The van der Waals surface area contributed by atoms with Gasteiger partial charge in [0.1, 0.15) is 0 Å². The van der Waals surface area contributed by atoms with E-state index in [1.165, 1.54) is 16.8 Å². The Morgan fingerprint density at radius 3 is 3.00 bits per heavy atom. The second-order valence-corrected chi connectivity index (χ2v) is 4.86. The number of aryl methyl sites for hydroxylation is 2. The van der Waals surface area contributed by atoms with E-state index in [9.17, 15) is 0 Å². The smallest absolute Gasteiger partial charge is 0.0537 e. The Labute approximate surface area is 108 Å². The van der Waals surface area contributed by atoms with Gasteiger partial charge in [0, 0.05) is 37.3 Å². The lowest BCUT2D eigenvalue weighted by molar-refractivity contribution is 0.531. The lowest BCUT2D eigenvalue weighted by Gasteiger charge is -2.15. The molecule has 1 aliphatic rings. The zero-order valence-corrected chi connectivity index (χ0v) is 10.6. The Morgan fingerprint density at radius 1 is 1.22 bits per heavy atom. The summed E-state index contributed by atoms with van der Waals surface area (Å²) in [7, 11) is 0. The number of aromatic nitrogens is 2. The summed E-state index contributed by atoms with van der Waals surface area (Å²) < 4.78 is 2.19. The second-order valence-electron chi connectivity index (χ2n) is 4.86. The number of nitrogens with one attached hydrogen (secondary N) is 1. The summed E-state index contributed by atoms with van der Waals surface area (Å²) in [4.78, 5) is 0. The molecule has 0 fully saturated rings. The maximum atomic E-state index is 4.51. The summed E-state index contributed by atoms with van der Waals surface area (Å²) >= 11 is 0. The molecule has 1 aliphatic heterocycles. The first-order valence-electron chi connectivity index (χ1n) is 6.72. The molecule has 0 saturated heterocycles. The van der Waals surface area contributed by atoms with Gasteiger partial charge in [0.05, 0.1) is 6.20 Å². The number of benzene rings is 1. The van der Waals surface area contributed by atoms with Crippen LogP contribution < -0.4 is 5.32 Å². The van der Waals surface area contributed by atoms with Crippen LogP contribution >= 0.6 is 0 Å². The molecule has 1 aromatic carbocycles. The molecule has 0 bridgehead atoms. The highest BCUT2D eigenvalue weighted by Crippen LogP contribution is 2.14. The summed E-state index contributed by atoms with van der Waals surface area (Å²) in [5, 5.41) is 7.89. The molecule has 18 heavy (non-hydrogen) atoms. The third-order valence-electron chi connectivity index (χ3n) is 3.57. The van der Waals surface area contributed by atoms with Gasteiger partial charge in [-0.2, -0.15) is 5.10 Å². The van der Waals surface area contributed by atoms with Crippen LogP contribution in [-0.2, 0) is 25.9 Å². The first kappa shape index (κ1) is 11.5. The molecule has 0 atom stereocenters. The van der Waals surface area contributed by atoms with Crippen molar-refractivity contribution in [1.29, 1.82) is 0 Å². The zero-order chi connectivity index (χ0) is 12.2. The van der Waals surface area contributed by atoms with Gasteiger partial charge >= 0.3 is 0 Å². The highest BCUT2D eigenvalue weighted by molar-refractivity contribution is 5.20. The molecule has 1 aromatic heterocycles. The van der Waals surface area contributed by atoms with Gasteiger partial charge in [0.25, 0.3) is 0 Å². The normalized spacial score (nSPS) is 14.4. The molecule has 1 N–H and O–H groups in total. The Balaban J connectivity index is 1.59. The van der Waals surface area contributed by atoms with Crippen molar-refractivity contribution >= 4 is 0 Å². The van der Waals surface area contributed by atoms with Crippen molar-refractivity contribution in [2.45, 2.75) is 32.4 Å². The fourth-order valence-corrected chi connectivity index (χ4v) is 2.59. The van der Waals surface area contributed by atoms with Crippen molar-refractivity contribution in [2.24, 2.45) is 0 Å². The number of rotatable bonds is 4. The van der Waals surface area contributed by atoms with Crippen LogP contribution in [0.15, 0.2) is 36.5 Å². The van der Waals surface area contributed by atoms with E-state index in [0.29, 0.717) is 0 Å². The predicted octanol–water partition coefficient (Wildman–Crippen LogP) is 2.16. The van der Waals surface area contributed by atoms with E-state index < -0.39 is 0 Å². The fraction of sp³-hybridized carbons (Fsp3) is 0.400. The lowest BCUT2D eigenvalue weighted by Crippen LogP contribution is -2.24. The van der Waals surface area contributed by atoms with E-state index in [1.807, 2.05) is 6.20 Å². The van der Waals surface area contributed by atoms with Gasteiger partial charge in [-0.1, -0.05) is 30.3 Å². The van der Waals surface area contributed by atoms with Crippen molar-refractivity contribution in [3.8, 4) is 0 Å². The molecule has 94 valence electrons. The van der Waals surface area contributed by atoms with Crippen LogP contribution in [0.1, 0.15) is 23.2 Å². The third-order valence-corrected chi connectivity index (χ3v) is 3.57. The van der Waals surface area contributed by atoms with Gasteiger partial charge in [0.15, 0.2) is 0 Å². The Morgan fingerprint density at radius 2 is 2.11 bits per heavy atom. The van der Waals surface area contributed by atoms with E-state index in [1.54, 1.807) is 0 Å². The van der Waals surface area contributed by atoms with Gasteiger partial charge in [-0.25, -0.2) is 0 Å². The largest absolute Gasteiger partial charge is 0.312 e. The average molecular weight is 241 g/mol. The summed E-state index contributed by atoms with van der Waals surface area (Å²) in [5.74, 6) is 0. The highest BCUT2D eigenvalue weighted by atomic mass is 15.3. The summed E-state index contributed by atoms with van der Waals surface area (Å²) in [6.45, 7) is 3.09. The monoisotopic (exact) mass is 241 g/mol. The molecule has 0 radical (unpaired) electrons. The first-order chi connectivity index (χ1) is 8.93. The summed E-state index contributed by atoms with van der Waals surface area (Å²) in [6.07, 6.45) is 5.42. The number of fused-ring (bicyclic) bond motifs is 1. The van der Waals surface area contributed by atoms with Gasteiger partial charge in [0.2, 0.25) is 0 Å². The van der Waals surface area contributed by atoms with E-state index in [0.717, 1.165) is 38.9 Å². The van der Waals surface area contributed by atoms with E-state index >= 15 is 0 Å². The number of nitrogens with zero attached hydrogens (tertiary/aromatic N) is 2. The molecule has 0 saturated carbocycles. The average Bonchev–Trinajstić information content (AvgIpc) is 2.84. The quantitative estimate of drug-likeness (QED) is 0.889. The standard InChI is InChI=1S/C15H19N3/c1-2-5-13(6-3-1)7-4-10-18-15-8-9-16-11-14(15)12-17-18/h1-3,5-6,12,16H,4,7-11H2. The molecule has 2 heterocycles. The minimum atomic E-state index is 0.980. The molecule has 2 aromatic rings. The molecule has 0 amide bonds. The van der Waals surface area contributed by atoms with E-state index in [-0.39, 0.29) is 0 Å². The molecule has 0 spiro atoms. The zero-order valence-electron chi connectivity index (χ0n) is 10.6. The van der Waals surface area contributed by atoms with Gasteiger partial charge in [-0.15, -0.1) is 0 Å². The van der Waals surface area contributed by atoms with Crippen molar-refractivity contribution in [3.05, 3.63) is 53.3 Å². The Bertz CT molecular complexity index is 502. The molecule has 3 nitrogen and oxygen atoms in total. The third kappa shape index (κ3) is 2.46. The minimum absolute atomic E-state index is 0.980. The topological polar surface area (TPSA) is 29.9 Å². The molecule has 3 rings (SSSR count). The van der Waals surface area contributed by atoms with Gasteiger partial charge < -0.3 is 5.32 Å². The van der Waals surface area contributed by atoms with Crippen LogP contribution in [0.25, 0.3) is 0 Å². The molecule has 3 heteroatoms. The Hall–Kier alpha value is -1.61. The van der Waals surface area contributed by atoms with Crippen molar-refractivity contribution in [3.63, 3.8) is 0 Å². The van der Waals surface area contributed by atoms with Crippen LogP contribution in [0.3, 0.4) is 0 Å². The number of hydrogen-bond acceptors (Lipinski definition) is 2. The van der Waals surface area contributed by atoms with Crippen molar-refractivity contribution < 1.29 is 0 Å². The first-order valence-corrected chi connectivity index (χ1v) is 6.72. The van der Waals surface area contributed by atoms with Crippen molar-refractivity contribution in [1.82, 2.24) is 15.1 Å².